The fourth-order valence-electron chi connectivity index (χ4n) is 2.47. The van der Waals surface area contributed by atoms with Gasteiger partial charge in [0.05, 0.1) is 17.2 Å². The van der Waals surface area contributed by atoms with Crippen LogP contribution in [0.3, 0.4) is 0 Å². The molecule has 9 heteroatoms. The van der Waals surface area contributed by atoms with Gasteiger partial charge in [-0.15, -0.1) is 0 Å². The predicted octanol–water partition coefficient (Wildman–Crippen LogP) is 1.88. The number of carboxylic acids is 1. The van der Waals surface area contributed by atoms with E-state index in [2.05, 4.69) is 5.10 Å². The normalized spacial score (nSPS) is 19.8. The summed E-state index contributed by atoms with van der Waals surface area (Å²) in [7, 11) is 0. The molecule has 1 atom stereocenters. The topological polar surface area (TPSA) is 122 Å². The van der Waals surface area contributed by atoms with E-state index < -0.39 is 22.4 Å². The van der Waals surface area contributed by atoms with Crippen LogP contribution in [0, 0.1) is 17.0 Å². The van der Waals surface area contributed by atoms with Crippen LogP contribution in [-0.4, -0.2) is 39.8 Å². The molecule has 1 N–H and O–H groups in total. The van der Waals surface area contributed by atoms with Gasteiger partial charge >= 0.3 is 11.9 Å². The highest BCUT2D eigenvalue weighted by molar-refractivity contribution is 6.38. The summed E-state index contributed by atoms with van der Waals surface area (Å²) >= 11 is 0. The Morgan fingerprint density at radius 3 is 2.67 bits per heavy atom. The summed E-state index contributed by atoms with van der Waals surface area (Å²) < 4.78 is 4.89. The number of benzene rings is 1. The van der Waals surface area contributed by atoms with E-state index in [1.165, 1.54) is 30.1 Å². The average molecular weight is 335 g/mol. The number of esters is 1. The Morgan fingerprint density at radius 1 is 1.50 bits per heavy atom. The molecule has 1 heterocycles. The molecular formula is C15H17N3O6. The number of rotatable bonds is 5. The van der Waals surface area contributed by atoms with Gasteiger partial charge in [0.15, 0.2) is 5.54 Å². The molecule has 0 bridgehead atoms. The number of aliphatic carboxylic acids is 1. The zero-order valence-electron chi connectivity index (χ0n) is 13.5. The molecule has 0 fully saturated rings. The Morgan fingerprint density at radius 2 is 2.17 bits per heavy atom. The highest BCUT2D eigenvalue weighted by Gasteiger charge is 2.48. The van der Waals surface area contributed by atoms with Crippen molar-refractivity contribution >= 4 is 29.0 Å². The monoisotopic (exact) mass is 335 g/mol. The van der Waals surface area contributed by atoms with Crippen LogP contribution in [0.4, 0.5) is 11.4 Å². The number of carboxylic acid groups (broad SMARTS) is 1. The van der Waals surface area contributed by atoms with Crippen molar-refractivity contribution in [1.29, 1.82) is 0 Å². The Labute approximate surface area is 137 Å². The lowest BCUT2D eigenvalue weighted by Crippen LogP contribution is -2.47. The number of ether oxygens (including phenoxy) is 1. The van der Waals surface area contributed by atoms with E-state index in [0.717, 1.165) is 0 Å². The molecule has 0 saturated carbocycles. The number of non-ortho nitro benzene ring substituents is 1. The van der Waals surface area contributed by atoms with E-state index in [4.69, 9.17) is 4.74 Å². The van der Waals surface area contributed by atoms with Crippen molar-refractivity contribution in [3.63, 3.8) is 0 Å². The second-order valence-electron chi connectivity index (χ2n) is 5.56. The molecule has 2 rings (SSSR count). The minimum Gasteiger partial charge on any atom is -0.479 e. The number of hydrazone groups is 1. The summed E-state index contributed by atoms with van der Waals surface area (Å²) in [6.45, 7) is 4.84. The summed E-state index contributed by atoms with van der Waals surface area (Å²) in [4.78, 5) is 33.9. The van der Waals surface area contributed by atoms with Crippen molar-refractivity contribution in [1.82, 2.24) is 0 Å². The molecule has 0 aromatic heterocycles. The van der Waals surface area contributed by atoms with Gasteiger partial charge in [0.2, 0.25) is 0 Å². The highest BCUT2D eigenvalue weighted by atomic mass is 16.6. The average Bonchev–Trinajstić information content (AvgIpc) is 2.86. The van der Waals surface area contributed by atoms with Crippen molar-refractivity contribution in [2.24, 2.45) is 5.10 Å². The largest absolute Gasteiger partial charge is 0.479 e. The molecule has 1 aliphatic rings. The summed E-state index contributed by atoms with van der Waals surface area (Å²) in [6, 6.07) is 4.02. The van der Waals surface area contributed by atoms with Crippen LogP contribution in [0.5, 0.6) is 0 Å². The van der Waals surface area contributed by atoms with Crippen LogP contribution in [0.2, 0.25) is 0 Å². The van der Waals surface area contributed by atoms with Crippen molar-refractivity contribution in [3.8, 4) is 0 Å². The number of carbonyl (C=O) groups is 2. The van der Waals surface area contributed by atoms with E-state index >= 15 is 0 Å². The minimum absolute atomic E-state index is 0.000460. The summed E-state index contributed by atoms with van der Waals surface area (Å²) in [5, 5.41) is 25.8. The smallest absolute Gasteiger partial charge is 0.354 e. The van der Waals surface area contributed by atoms with Gasteiger partial charge < -0.3 is 9.84 Å². The van der Waals surface area contributed by atoms with Crippen LogP contribution in [0.1, 0.15) is 25.8 Å². The fourth-order valence-corrected chi connectivity index (χ4v) is 2.47. The first-order chi connectivity index (χ1) is 11.2. The first-order valence-corrected chi connectivity index (χ1v) is 7.24. The Balaban J connectivity index is 2.49. The maximum Gasteiger partial charge on any atom is 0.354 e. The minimum atomic E-state index is -1.48. The van der Waals surface area contributed by atoms with Crippen molar-refractivity contribution in [3.05, 3.63) is 33.9 Å². The highest BCUT2D eigenvalue weighted by Crippen LogP contribution is 2.36. The maximum absolute atomic E-state index is 11.9. The molecule has 0 aliphatic carbocycles. The number of aryl methyl sites for hydroxylation is 1. The van der Waals surface area contributed by atoms with Crippen LogP contribution in [0.25, 0.3) is 0 Å². The van der Waals surface area contributed by atoms with E-state index in [1.54, 1.807) is 13.8 Å². The Kier molecular flexibility index (Phi) is 4.54. The molecule has 0 radical (unpaired) electrons. The molecule has 1 aromatic rings. The number of nitro groups is 1. The molecule has 0 amide bonds. The second kappa shape index (κ2) is 6.26. The van der Waals surface area contributed by atoms with Crippen molar-refractivity contribution < 1.29 is 24.4 Å². The maximum atomic E-state index is 11.9. The van der Waals surface area contributed by atoms with E-state index in [-0.39, 0.29) is 24.4 Å². The quantitative estimate of drug-likeness (QED) is 0.495. The molecule has 9 nitrogen and oxygen atoms in total. The molecule has 0 spiro atoms. The first-order valence-electron chi connectivity index (χ1n) is 7.24. The van der Waals surface area contributed by atoms with Crippen LogP contribution in [-0.2, 0) is 14.3 Å². The predicted molar refractivity (Wildman–Crippen MR) is 85.0 cm³/mol. The van der Waals surface area contributed by atoms with Gasteiger partial charge in [0.25, 0.3) is 5.69 Å². The number of hydrogen-bond acceptors (Lipinski definition) is 7. The third-order valence-electron chi connectivity index (χ3n) is 3.79. The molecule has 1 aliphatic heterocycles. The van der Waals surface area contributed by atoms with Crippen LogP contribution >= 0.6 is 0 Å². The Bertz CT molecular complexity index is 745. The van der Waals surface area contributed by atoms with E-state index in [0.29, 0.717) is 11.3 Å². The molecule has 128 valence electrons. The number of hydrogen-bond donors (Lipinski definition) is 1. The number of carbonyl (C=O) groups excluding carboxylic acids is 1. The van der Waals surface area contributed by atoms with Crippen LogP contribution < -0.4 is 5.01 Å². The van der Waals surface area contributed by atoms with Gasteiger partial charge in [0.1, 0.15) is 5.71 Å². The summed E-state index contributed by atoms with van der Waals surface area (Å²) in [5.74, 6) is -1.84. The van der Waals surface area contributed by atoms with Gasteiger partial charge in [-0.2, -0.15) is 5.10 Å². The Hall–Kier alpha value is -2.97. The zero-order chi connectivity index (χ0) is 18.1. The van der Waals surface area contributed by atoms with Gasteiger partial charge in [-0.3, -0.25) is 10.1 Å². The number of nitro benzene ring substituents is 1. The second-order valence-corrected chi connectivity index (χ2v) is 5.56. The lowest BCUT2D eigenvalue weighted by Gasteiger charge is -2.30. The number of nitrogens with zero attached hydrogens (tertiary/aromatic N) is 3. The van der Waals surface area contributed by atoms with Gasteiger partial charge in [-0.1, -0.05) is 0 Å². The summed E-state index contributed by atoms with van der Waals surface area (Å²) in [6.07, 6.45) is -0.127. The molecular weight excluding hydrogens is 318 g/mol. The van der Waals surface area contributed by atoms with E-state index in [9.17, 15) is 24.8 Å². The molecule has 24 heavy (non-hydrogen) atoms. The van der Waals surface area contributed by atoms with Crippen molar-refractivity contribution in [2.75, 3.05) is 11.6 Å². The first kappa shape index (κ1) is 17.4. The van der Waals surface area contributed by atoms with Crippen LogP contribution in [0.15, 0.2) is 23.3 Å². The summed E-state index contributed by atoms with van der Waals surface area (Å²) in [5.41, 5.74) is -0.736. The SMILES string of the molecule is CCOC(=O)C1=NN(c2ccc([N+](=O)[O-])cc2C)C(C)(C(=O)O)C1. The lowest BCUT2D eigenvalue weighted by atomic mass is 9.94. The number of anilines is 1. The van der Waals surface area contributed by atoms with Gasteiger partial charge in [-0.25, -0.2) is 14.6 Å². The molecule has 1 aromatic carbocycles. The van der Waals surface area contributed by atoms with E-state index in [1.807, 2.05) is 0 Å². The van der Waals surface area contributed by atoms with Gasteiger partial charge in [0, 0.05) is 18.6 Å². The third-order valence-corrected chi connectivity index (χ3v) is 3.79. The lowest BCUT2D eigenvalue weighted by molar-refractivity contribution is -0.384. The zero-order valence-corrected chi connectivity index (χ0v) is 13.5. The molecule has 0 saturated heterocycles. The third kappa shape index (κ3) is 2.92. The van der Waals surface area contributed by atoms with Crippen molar-refractivity contribution in [2.45, 2.75) is 32.7 Å². The van der Waals surface area contributed by atoms with Gasteiger partial charge in [-0.05, 0) is 32.4 Å². The fraction of sp³-hybridized carbons (Fsp3) is 0.400. The molecule has 1 unspecified atom stereocenters. The standard InChI is InChI=1S/C15H17N3O6/c1-4-24-13(19)11-8-15(3,14(20)21)17(16-11)12-6-5-10(18(22)23)7-9(12)2/h5-7H,4,8H2,1-3H3,(H,20,21).